The van der Waals surface area contributed by atoms with Crippen molar-refractivity contribution in [2.45, 2.75) is 25.4 Å². The average molecular weight is 457 g/mol. The maximum absolute atomic E-state index is 14.3. The predicted molar refractivity (Wildman–Crippen MR) is 121 cm³/mol. The van der Waals surface area contributed by atoms with Crippen LogP contribution in [0.1, 0.15) is 16.7 Å². The molecule has 0 saturated carbocycles. The summed E-state index contributed by atoms with van der Waals surface area (Å²) < 4.78 is 85.3. The van der Waals surface area contributed by atoms with Crippen LogP contribution in [0.2, 0.25) is 13.1 Å². The molecular weight excluding hydrogens is 441 g/mol. The van der Waals surface area contributed by atoms with Crippen molar-refractivity contribution < 1.29 is 26.3 Å². The molecule has 0 aromatic heterocycles. The van der Waals surface area contributed by atoms with E-state index in [4.69, 9.17) is 7.49 Å². The molecule has 1 aliphatic carbocycles. The Labute approximate surface area is 183 Å². The van der Waals surface area contributed by atoms with Gasteiger partial charge in [0.25, 0.3) is 0 Å². The molecule has 8 heteroatoms. The first-order valence-electron chi connectivity index (χ1n) is 9.73. The number of benzene rings is 3. The van der Waals surface area contributed by atoms with E-state index in [9.17, 15) is 26.3 Å². The van der Waals surface area contributed by atoms with E-state index in [1.165, 1.54) is 11.7 Å². The second kappa shape index (κ2) is 7.69. The number of rotatable bonds is 2. The fourth-order valence-corrected chi connectivity index (χ4v) is 5.07. The van der Waals surface area contributed by atoms with Crippen molar-refractivity contribution >= 4 is 43.4 Å². The van der Waals surface area contributed by atoms with Crippen molar-refractivity contribution in [3.63, 3.8) is 0 Å². The zero-order chi connectivity index (χ0) is 23.4. The third kappa shape index (κ3) is 3.70. The Morgan fingerprint density at radius 1 is 0.750 bits per heavy atom. The molecule has 0 saturated heterocycles. The van der Waals surface area contributed by atoms with Crippen LogP contribution in [0.4, 0.5) is 26.3 Å². The van der Waals surface area contributed by atoms with Crippen LogP contribution in [0.3, 0.4) is 0 Å². The Bertz CT molecular complexity index is 1320. The number of fused-ring (bicyclic) bond motifs is 2. The van der Waals surface area contributed by atoms with Crippen molar-refractivity contribution in [2.75, 3.05) is 0 Å². The maximum atomic E-state index is 14.3. The Morgan fingerprint density at radius 3 is 2.03 bits per heavy atom. The Kier molecular flexibility index (Phi) is 5.40. The number of halogens is 6. The summed E-state index contributed by atoms with van der Waals surface area (Å²) in [6.45, 7) is 3.57. The van der Waals surface area contributed by atoms with Gasteiger partial charge in [-0.2, -0.15) is 0 Å². The van der Waals surface area contributed by atoms with Gasteiger partial charge in [-0.1, -0.05) is 0 Å². The molecule has 0 amide bonds. The van der Waals surface area contributed by atoms with E-state index in [-0.39, 0.29) is 22.2 Å². The minimum atomic E-state index is -4.89. The fourth-order valence-electron chi connectivity index (χ4n) is 4.19. The SMILES string of the molecule is [B]=C1C(C=[Si](C)C)=C(C(F)(F)F)c2c1ccc(C(F)(F)F)c2-c1cccc2ccccc12. The van der Waals surface area contributed by atoms with Gasteiger partial charge in [-0.15, -0.1) is 0 Å². The van der Waals surface area contributed by atoms with E-state index in [1.54, 1.807) is 49.5 Å². The molecule has 0 bridgehead atoms. The van der Waals surface area contributed by atoms with Crippen molar-refractivity contribution in [3.8, 4) is 11.1 Å². The predicted octanol–water partition coefficient (Wildman–Crippen LogP) is 6.68. The van der Waals surface area contributed by atoms with Crippen LogP contribution in [0, 0.1) is 0 Å². The zero-order valence-corrected chi connectivity index (χ0v) is 18.1. The van der Waals surface area contributed by atoms with Crippen LogP contribution in [-0.4, -0.2) is 33.2 Å². The molecule has 0 N–H and O–H groups in total. The van der Waals surface area contributed by atoms with Gasteiger partial charge >= 0.3 is 183 Å². The molecule has 3 aromatic rings. The summed E-state index contributed by atoms with van der Waals surface area (Å²) in [5.74, 6) is 0. The molecular formula is C24H16BF6Si. The van der Waals surface area contributed by atoms with Gasteiger partial charge in [-0.05, 0) is 0 Å². The Morgan fingerprint density at radius 2 is 1.41 bits per heavy atom. The first-order valence-corrected chi connectivity index (χ1v) is 12.3. The summed E-state index contributed by atoms with van der Waals surface area (Å²) in [6, 6.07) is 13.2. The normalized spacial score (nSPS) is 14.2. The molecule has 0 spiro atoms. The van der Waals surface area contributed by atoms with Gasteiger partial charge < -0.3 is 0 Å². The summed E-state index contributed by atoms with van der Waals surface area (Å²) in [6.07, 6.45) is -9.74. The summed E-state index contributed by atoms with van der Waals surface area (Å²) in [7, 11) is 4.79. The van der Waals surface area contributed by atoms with Crippen LogP contribution in [0.15, 0.2) is 60.2 Å². The van der Waals surface area contributed by atoms with Crippen LogP contribution in [0.25, 0.3) is 27.5 Å². The van der Waals surface area contributed by atoms with Crippen LogP contribution < -0.4 is 0 Å². The van der Waals surface area contributed by atoms with Crippen molar-refractivity contribution in [3.05, 3.63) is 76.9 Å². The molecule has 161 valence electrons. The summed E-state index contributed by atoms with van der Waals surface area (Å²) >= 11 is 0. The minimum absolute atomic E-state index is 0.0252. The molecule has 4 rings (SSSR count). The number of hydrogen-bond acceptors (Lipinski definition) is 0. The van der Waals surface area contributed by atoms with Gasteiger partial charge in [0.1, 0.15) is 0 Å². The molecule has 0 aliphatic heterocycles. The summed E-state index contributed by atoms with van der Waals surface area (Å²) in [5, 5.41) is 1.06. The fraction of sp³-hybridized carbons (Fsp3) is 0.167. The molecule has 0 heterocycles. The molecule has 0 unspecified atom stereocenters. The summed E-state index contributed by atoms with van der Waals surface area (Å²) in [5.41, 5.74) is -2.09. The monoisotopic (exact) mass is 457 g/mol. The van der Waals surface area contributed by atoms with E-state index < -0.39 is 43.0 Å². The van der Waals surface area contributed by atoms with Gasteiger partial charge in [0.05, 0.1) is 0 Å². The molecule has 0 atom stereocenters. The van der Waals surface area contributed by atoms with Crippen molar-refractivity contribution in [1.29, 1.82) is 0 Å². The average Bonchev–Trinajstić information content (AvgIpc) is 2.98. The number of alkyl halides is 6. The van der Waals surface area contributed by atoms with Gasteiger partial charge in [0, 0.05) is 0 Å². The second-order valence-electron chi connectivity index (χ2n) is 7.86. The third-order valence-electron chi connectivity index (χ3n) is 5.39. The van der Waals surface area contributed by atoms with Crippen LogP contribution >= 0.6 is 0 Å². The number of allylic oxidation sites excluding steroid dienone is 2. The van der Waals surface area contributed by atoms with E-state index in [0.717, 1.165) is 12.1 Å². The molecule has 0 fully saturated rings. The van der Waals surface area contributed by atoms with Crippen LogP contribution in [0.5, 0.6) is 0 Å². The quantitative estimate of drug-likeness (QED) is 0.298. The van der Waals surface area contributed by atoms with Crippen molar-refractivity contribution in [2.24, 2.45) is 0 Å². The summed E-state index contributed by atoms with van der Waals surface area (Å²) in [4.78, 5) is 0. The van der Waals surface area contributed by atoms with E-state index >= 15 is 0 Å². The van der Waals surface area contributed by atoms with Gasteiger partial charge in [0.15, 0.2) is 0 Å². The van der Waals surface area contributed by atoms with E-state index in [2.05, 4.69) is 0 Å². The third-order valence-corrected chi connectivity index (χ3v) is 6.25. The molecule has 1 radical (unpaired) electrons. The topological polar surface area (TPSA) is 0 Å². The Hall–Kier alpha value is -2.74. The second-order valence-corrected chi connectivity index (χ2v) is 10.3. The standard InChI is InChI=1S/C24H16BF6Si/c1-32(2)12-17-21(24(29,30)31)20-16(22(17)25)10-11-18(23(26,27)28)19(20)15-9-5-7-13-6-3-4-8-14(13)15/h3-12H,1-2H3. The van der Waals surface area contributed by atoms with Crippen molar-refractivity contribution in [1.82, 2.24) is 0 Å². The zero-order valence-electron chi connectivity index (χ0n) is 17.1. The molecule has 3 aromatic carbocycles. The molecule has 32 heavy (non-hydrogen) atoms. The first kappa shape index (κ1) is 22.5. The Balaban J connectivity index is 2.23. The van der Waals surface area contributed by atoms with Gasteiger partial charge in [-0.25, -0.2) is 0 Å². The first-order chi connectivity index (χ1) is 14.9. The van der Waals surface area contributed by atoms with E-state index in [1.807, 2.05) is 0 Å². The van der Waals surface area contributed by atoms with Crippen LogP contribution in [-0.2, 0) is 6.18 Å². The number of hydrogen-bond donors (Lipinski definition) is 0. The van der Waals surface area contributed by atoms with Gasteiger partial charge in [-0.3, -0.25) is 0 Å². The molecule has 0 nitrogen and oxygen atoms in total. The van der Waals surface area contributed by atoms with Gasteiger partial charge in [0.2, 0.25) is 0 Å². The molecule has 1 aliphatic rings. The van der Waals surface area contributed by atoms with E-state index in [0.29, 0.717) is 10.8 Å².